The normalized spacial score (nSPS) is 11.8. The molecule has 0 spiro atoms. The summed E-state index contributed by atoms with van der Waals surface area (Å²) in [7, 11) is 5.40. The number of methoxy groups -OCH3 is 1. The summed E-state index contributed by atoms with van der Waals surface area (Å²) in [5.41, 5.74) is 3.25. The molecule has 0 saturated heterocycles. The van der Waals surface area contributed by atoms with Gasteiger partial charge in [0.15, 0.2) is 6.73 Å². The molecule has 0 radical (unpaired) electrons. The van der Waals surface area contributed by atoms with E-state index >= 15 is 0 Å². The number of carbonyl (C=O) groups excluding carboxylic acids is 2. The van der Waals surface area contributed by atoms with Crippen LogP contribution < -0.4 is 10.1 Å². The van der Waals surface area contributed by atoms with Gasteiger partial charge in [0.2, 0.25) is 11.9 Å². The maximum absolute atomic E-state index is 14.1. The van der Waals surface area contributed by atoms with E-state index in [-0.39, 0.29) is 18.6 Å². The molecule has 3 heterocycles. The Balaban J connectivity index is 1.75. The van der Waals surface area contributed by atoms with Crippen LogP contribution in [0.3, 0.4) is 0 Å². The molecule has 4 rings (SSSR count). The second-order valence-corrected chi connectivity index (χ2v) is 10.9. The average molecular weight is 560 g/mol. The molecule has 4 aromatic rings. The van der Waals surface area contributed by atoms with Gasteiger partial charge in [0, 0.05) is 65.5 Å². The Labute approximate surface area is 238 Å². The number of carbonyl (C=O) groups is 2. The lowest BCUT2D eigenvalue weighted by atomic mass is 9.98. The van der Waals surface area contributed by atoms with E-state index in [9.17, 15) is 14.0 Å². The molecule has 214 valence electrons. The maximum atomic E-state index is 14.1. The third-order valence-corrected chi connectivity index (χ3v) is 6.18. The number of esters is 1. The highest BCUT2D eigenvalue weighted by atomic mass is 19.1. The number of pyridine rings is 2. The Morgan fingerprint density at radius 3 is 2.54 bits per heavy atom. The highest BCUT2D eigenvalue weighted by molar-refractivity contribution is 6.00. The van der Waals surface area contributed by atoms with Gasteiger partial charge in [0.25, 0.3) is 0 Å². The van der Waals surface area contributed by atoms with Gasteiger partial charge in [-0.2, -0.15) is 4.39 Å². The number of hydrogen-bond acceptors (Lipinski definition) is 7. The summed E-state index contributed by atoms with van der Waals surface area (Å²) in [4.78, 5) is 35.2. The molecule has 0 aliphatic rings. The summed E-state index contributed by atoms with van der Waals surface area (Å²) in [6.45, 7) is 5.93. The second-order valence-electron chi connectivity index (χ2n) is 10.9. The standard InChI is InChI=1S/C31H34FN5O4/c1-31(2,3)30(39)41-19-37-18-26(20-9-10-33-27(32)15-20)25-14-22(17-34-29(25)37)21-12-23(16-24(13-21)40-6)35-28(38)8-7-11-36(4)5/h7-10,12-18H,11,19H2,1-6H3,(H,35,38)/b8-7+. The predicted molar refractivity (Wildman–Crippen MR) is 157 cm³/mol. The Morgan fingerprint density at radius 1 is 1.07 bits per heavy atom. The molecular weight excluding hydrogens is 525 g/mol. The number of ether oxygens (including phenoxy) is 2. The fourth-order valence-corrected chi connectivity index (χ4v) is 4.08. The molecular formula is C31H34FN5O4. The van der Waals surface area contributed by atoms with Gasteiger partial charge in [-0.15, -0.1) is 0 Å². The molecule has 0 atom stereocenters. The third kappa shape index (κ3) is 7.34. The quantitative estimate of drug-likeness (QED) is 0.164. The van der Waals surface area contributed by atoms with Crippen molar-refractivity contribution < 1.29 is 23.5 Å². The maximum Gasteiger partial charge on any atom is 0.312 e. The minimum absolute atomic E-state index is 0.0524. The minimum Gasteiger partial charge on any atom is -0.497 e. The smallest absolute Gasteiger partial charge is 0.312 e. The van der Waals surface area contributed by atoms with E-state index in [4.69, 9.17) is 9.47 Å². The Kier molecular flexibility index (Phi) is 8.83. The van der Waals surface area contributed by atoms with Crippen molar-refractivity contribution in [3.63, 3.8) is 0 Å². The van der Waals surface area contributed by atoms with E-state index in [0.29, 0.717) is 34.8 Å². The second kappa shape index (κ2) is 12.3. The van der Waals surface area contributed by atoms with Crippen LogP contribution in [0, 0.1) is 11.4 Å². The molecule has 0 aliphatic carbocycles. The van der Waals surface area contributed by atoms with E-state index in [0.717, 1.165) is 16.5 Å². The van der Waals surface area contributed by atoms with Crippen molar-refractivity contribution in [2.45, 2.75) is 27.5 Å². The lowest BCUT2D eigenvalue weighted by molar-refractivity contribution is -0.156. The van der Waals surface area contributed by atoms with Gasteiger partial charge in [-0.25, -0.2) is 9.97 Å². The molecule has 3 aromatic heterocycles. The van der Waals surface area contributed by atoms with Crippen molar-refractivity contribution in [3.05, 3.63) is 73.1 Å². The van der Waals surface area contributed by atoms with Crippen LogP contribution in [-0.4, -0.2) is 59.1 Å². The van der Waals surface area contributed by atoms with Gasteiger partial charge in [-0.1, -0.05) is 6.08 Å². The fraction of sp³-hybridized carbons (Fsp3) is 0.290. The lowest BCUT2D eigenvalue weighted by Crippen LogP contribution is -2.23. The molecule has 0 saturated carbocycles. The molecule has 0 aliphatic heterocycles. The summed E-state index contributed by atoms with van der Waals surface area (Å²) in [6.07, 6.45) is 8.14. The molecule has 0 bridgehead atoms. The van der Waals surface area contributed by atoms with Crippen molar-refractivity contribution >= 4 is 28.6 Å². The number of amides is 1. The van der Waals surface area contributed by atoms with Gasteiger partial charge in [0.05, 0.1) is 12.5 Å². The highest BCUT2D eigenvalue weighted by Crippen LogP contribution is 2.35. The van der Waals surface area contributed by atoms with Crippen molar-refractivity contribution in [1.29, 1.82) is 0 Å². The number of anilines is 1. The number of benzene rings is 1. The number of nitrogens with zero attached hydrogens (tertiary/aromatic N) is 4. The number of likely N-dealkylation sites (N-methyl/N-ethyl adjacent to an activating group) is 1. The first-order valence-corrected chi connectivity index (χ1v) is 13.0. The molecule has 41 heavy (non-hydrogen) atoms. The fourth-order valence-electron chi connectivity index (χ4n) is 4.08. The number of nitrogens with one attached hydrogen (secondary N) is 1. The van der Waals surface area contributed by atoms with Crippen molar-refractivity contribution in [2.24, 2.45) is 5.41 Å². The molecule has 1 amide bonds. The van der Waals surface area contributed by atoms with E-state index in [1.165, 1.54) is 18.3 Å². The summed E-state index contributed by atoms with van der Waals surface area (Å²) in [5, 5.41) is 3.60. The average Bonchev–Trinajstić information content (AvgIpc) is 3.28. The Morgan fingerprint density at radius 2 is 1.85 bits per heavy atom. The first-order chi connectivity index (χ1) is 19.4. The van der Waals surface area contributed by atoms with Crippen LogP contribution in [0.2, 0.25) is 0 Å². The lowest BCUT2D eigenvalue weighted by Gasteiger charge is -2.17. The number of halogens is 1. The molecule has 9 nitrogen and oxygen atoms in total. The highest BCUT2D eigenvalue weighted by Gasteiger charge is 2.24. The zero-order valence-corrected chi connectivity index (χ0v) is 24.1. The van der Waals surface area contributed by atoms with Crippen LogP contribution in [0.4, 0.5) is 10.1 Å². The van der Waals surface area contributed by atoms with Gasteiger partial charge in [0.1, 0.15) is 11.4 Å². The third-order valence-electron chi connectivity index (χ3n) is 6.18. The van der Waals surface area contributed by atoms with Crippen LogP contribution in [0.1, 0.15) is 20.8 Å². The zero-order chi connectivity index (χ0) is 29.7. The number of fused-ring (bicyclic) bond motifs is 1. The summed E-state index contributed by atoms with van der Waals surface area (Å²) in [5.74, 6) is -0.670. The first kappa shape index (κ1) is 29.4. The van der Waals surface area contributed by atoms with Gasteiger partial charge in [-0.05, 0) is 70.3 Å². The SMILES string of the molecule is COc1cc(NC(=O)/C=C/CN(C)C)cc(-c2cnc3c(c2)c(-c2ccnc(F)c2)cn3COC(=O)C(C)(C)C)c1. The molecule has 1 aromatic carbocycles. The van der Waals surface area contributed by atoms with Gasteiger partial charge < -0.3 is 19.7 Å². The minimum atomic E-state index is -0.664. The monoisotopic (exact) mass is 559 g/mol. The summed E-state index contributed by atoms with van der Waals surface area (Å²) in [6, 6.07) is 10.4. The summed E-state index contributed by atoms with van der Waals surface area (Å²) >= 11 is 0. The van der Waals surface area contributed by atoms with Crippen LogP contribution >= 0.6 is 0 Å². The number of hydrogen-bond donors (Lipinski definition) is 1. The number of aromatic nitrogens is 3. The topological polar surface area (TPSA) is 98.6 Å². The van der Waals surface area contributed by atoms with Gasteiger partial charge in [-0.3, -0.25) is 14.2 Å². The van der Waals surface area contributed by atoms with Crippen LogP contribution in [0.25, 0.3) is 33.3 Å². The van der Waals surface area contributed by atoms with E-state index in [1.807, 2.05) is 37.2 Å². The van der Waals surface area contributed by atoms with Crippen LogP contribution in [0.5, 0.6) is 5.75 Å². The Hall–Kier alpha value is -4.57. The molecule has 10 heteroatoms. The largest absolute Gasteiger partial charge is 0.497 e. The summed E-state index contributed by atoms with van der Waals surface area (Å²) < 4.78 is 26.8. The van der Waals surface area contributed by atoms with Crippen LogP contribution in [0.15, 0.2) is 67.1 Å². The zero-order valence-electron chi connectivity index (χ0n) is 24.1. The molecule has 0 fully saturated rings. The molecule has 1 N–H and O–H groups in total. The predicted octanol–water partition coefficient (Wildman–Crippen LogP) is 5.52. The van der Waals surface area contributed by atoms with E-state index in [1.54, 1.807) is 63.1 Å². The Bertz CT molecular complexity index is 1600. The van der Waals surface area contributed by atoms with Crippen molar-refractivity contribution in [2.75, 3.05) is 33.1 Å². The first-order valence-electron chi connectivity index (χ1n) is 13.0. The van der Waals surface area contributed by atoms with E-state index < -0.39 is 11.4 Å². The van der Waals surface area contributed by atoms with Crippen LogP contribution in [-0.2, 0) is 21.1 Å². The molecule has 0 unspecified atom stereocenters. The van der Waals surface area contributed by atoms with E-state index in [2.05, 4.69) is 15.3 Å². The van der Waals surface area contributed by atoms with Crippen molar-refractivity contribution in [3.8, 4) is 28.0 Å². The van der Waals surface area contributed by atoms with Crippen molar-refractivity contribution in [1.82, 2.24) is 19.4 Å². The number of rotatable bonds is 9. The van der Waals surface area contributed by atoms with Gasteiger partial charge >= 0.3 is 5.97 Å².